The Labute approximate surface area is 129 Å². The highest BCUT2D eigenvalue weighted by molar-refractivity contribution is 7.12. The van der Waals surface area contributed by atoms with Crippen molar-refractivity contribution in [1.29, 1.82) is 0 Å². The van der Waals surface area contributed by atoms with Gasteiger partial charge >= 0.3 is 0 Å². The summed E-state index contributed by atoms with van der Waals surface area (Å²) in [6.07, 6.45) is 3.89. The summed E-state index contributed by atoms with van der Waals surface area (Å²) >= 11 is 1.87. The van der Waals surface area contributed by atoms with Crippen molar-refractivity contribution in [3.8, 4) is 0 Å². The van der Waals surface area contributed by atoms with E-state index in [0.29, 0.717) is 6.04 Å². The second-order valence-corrected chi connectivity index (χ2v) is 6.95. The molecule has 0 aliphatic carbocycles. The first-order chi connectivity index (χ1) is 10.1. The summed E-state index contributed by atoms with van der Waals surface area (Å²) < 4.78 is 0. The van der Waals surface area contributed by atoms with Crippen LogP contribution in [-0.4, -0.2) is 4.98 Å². The van der Waals surface area contributed by atoms with Gasteiger partial charge in [-0.1, -0.05) is 24.3 Å². The second kappa shape index (κ2) is 5.96. The molecule has 0 spiro atoms. The summed E-state index contributed by atoms with van der Waals surface area (Å²) in [5, 5.41) is 6.11. The quantitative estimate of drug-likeness (QED) is 0.750. The van der Waals surface area contributed by atoms with Crippen LogP contribution in [0.4, 0.5) is 0 Å². The van der Waals surface area contributed by atoms with Crippen molar-refractivity contribution in [2.24, 2.45) is 0 Å². The van der Waals surface area contributed by atoms with Gasteiger partial charge in [0.05, 0.1) is 0 Å². The van der Waals surface area contributed by atoms with Gasteiger partial charge in [-0.25, -0.2) is 0 Å². The average molecular weight is 296 g/mol. The van der Waals surface area contributed by atoms with E-state index >= 15 is 0 Å². The molecule has 0 aliphatic heterocycles. The van der Waals surface area contributed by atoms with Crippen molar-refractivity contribution in [1.82, 2.24) is 10.3 Å². The number of benzene rings is 1. The van der Waals surface area contributed by atoms with Gasteiger partial charge in [0.25, 0.3) is 0 Å². The fourth-order valence-electron chi connectivity index (χ4n) is 2.77. The first kappa shape index (κ1) is 14.2. The Morgan fingerprint density at radius 1 is 1.19 bits per heavy atom. The lowest BCUT2D eigenvalue weighted by molar-refractivity contribution is 0.575. The molecule has 1 aromatic carbocycles. The zero-order chi connectivity index (χ0) is 14.8. The molecule has 3 aromatic rings. The summed E-state index contributed by atoms with van der Waals surface area (Å²) in [6, 6.07) is 11.1. The topological polar surface area (TPSA) is 24.9 Å². The number of nitrogens with zero attached hydrogens (tertiary/aromatic N) is 1. The normalized spacial score (nSPS) is 12.7. The molecule has 0 radical (unpaired) electrons. The van der Waals surface area contributed by atoms with E-state index in [1.54, 1.807) is 0 Å². The minimum absolute atomic E-state index is 0.355. The SMILES string of the molecule is Cc1cc(C(C)NCc2cncc3ccccc23)c(C)s1. The molecule has 108 valence electrons. The number of aromatic nitrogens is 1. The first-order valence-corrected chi connectivity index (χ1v) is 8.09. The number of rotatable bonds is 4. The molecule has 3 rings (SSSR count). The van der Waals surface area contributed by atoms with Crippen LogP contribution in [0.2, 0.25) is 0 Å². The lowest BCUT2D eigenvalue weighted by atomic mass is 10.1. The highest BCUT2D eigenvalue weighted by Crippen LogP contribution is 2.26. The third kappa shape index (κ3) is 2.99. The Bertz CT molecular complexity index is 756. The molecule has 0 amide bonds. The van der Waals surface area contributed by atoms with Gasteiger partial charge in [0, 0.05) is 40.1 Å². The van der Waals surface area contributed by atoms with E-state index in [2.05, 4.69) is 61.4 Å². The second-order valence-electron chi connectivity index (χ2n) is 5.49. The van der Waals surface area contributed by atoms with E-state index < -0.39 is 0 Å². The number of thiophene rings is 1. The van der Waals surface area contributed by atoms with Crippen LogP contribution in [0.25, 0.3) is 10.8 Å². The predicted molar refractivity (Wildman–Crippen MR) is 90.8 cm³/mol. The standard InChI is InChI=1S/C18H20N2S/c1-12-8-18(14(3)21-12)13(2)20-11-16-10-19-9-15-6-4-5-7-17(15)16/h4-10,13,20H,11H2,1-3H3. The van der Waals surface area contributed by atoms with Crippen LogP contribution < -0.4 is 5.32 Å². The third-order valence-corrected chi connectivity index (χ3v) is 4.88. The van der Waals surface area contributed by atoms with Crippen LogP contribution in [0.15, 0.2) is 42.7 Å². The lowest BCUT2D eigenvalue weighted by Crippen LogP contribution is -2.18. The molecule has 3 heteroatoms. The van der Waals surface area contributed by atoms with Gasteiger partial charge in [-0.2, -0.15) is 0 Å². The summed E-state index contributed by atoms with van der Waals surface area (Å²) in [5.74, 6) is 0. The van der Waals surface area contributed by atoms with Crippen molar-refractivity contribution in [3.05, 3.63) is 63.6 Å². The molecule has 1 N–H and O–H groups in total. The molecule has 2 aromatic heterocycles. The van der Waals surface area contributed by atoms with Crippen molar-refractivity contribution in [3.63, 3.8) is 0 Å². The molecule has 0 bridgehead atoms. The number of aryl methyl sites for hydroxylation is 2. The van der Waals surface area contributed by atoms with Crippen LogP contribution in [0, 0.1) is 13.8 Å². The van der Waals surface area contributed by atoms with Gasteiger partial charge in [-0.05, 0) is 43.4 Å². The van der Waals surface area contributed by atoms with Gasteiger partial charge in [0.2, 0.25) is 0 Å². The molecule has 0 aliphatic rings. The minimum atomic E-state index is 0.355. The summed E-state index contributed by atoms with van der Waals surface area (Å²) in [7, 11) is 0. The molecule has 1 unspecified atom stereocenters. The van der Waals surface area contributed by atoms with Crippen LogP contribution in [0.1, 0.15) is 33.8 Å². The number of pyridine rings is 1. The smallest absolute Gasteiger partial charge is 0.0346 e. The molecule has 2 heterocycles. The van der Waals surface area contributed by atoms with Gasteiger partial charge in [0.15, 0.2) is 0 Å². The number of fused-ring (bicyclic) bond motifs is 1. The van der Waals surface area contributed by atoms with Crippen LogP contribution in [0.5, 0.6) is 0 Å². The van der Waals surface area contributed by atoms with Gasteiger partial charge in [-0.15, -0.1) is 11.3 Å². The van der Waals surface area contributed by atoms with Crippen molar-refractivity contribution in [2.75, 3.05) is 0 Å². The highest BCUT2D eigenvalue weighted by Gasteiger charge is 2.11. The van der Waals surface area contributed by atoms with Crippen molar-refractivity contribution < 1.29 is 0 Å². The van der Waals surface area contributed by atoms with Gasteiger partial charge in [0.1, 0.15) is 0 Å². The molecule has 0 saturated carbocycles. The Morgan fingerprint density at radius 3 is 2.76 bits per heavy atom. The summed E-state index contributed by atoms with van der Waals surface area (Å²) in [4.78, 5) is 7.13. The fourth-order valence-corrected chi connectivity index (χ4v) is 3.80. The minimum Gasteiger partial charge on any atom is -0.306 e. The fraction of sp³-hybridized carbons (Fsp3) is 0.278. The van der Waals surface area contributed by atoms with E-state index in [1.807, 2.05) is 23.7 Å². The van der Waals surface area contributed by atoms with Crippen LogP contribution in [0.3, 0.4) is 0 Å². The number of nitrogens with one attached hydrogen (secondary N) is 1. The van der Waals surface area contributed by atoms with E-state index in [0.717, 1.165) is 6.54 Å². The van der Waals surface area contributed by atoms with Gasteiger partial charge in [-0.3, -0.25) is 4.98 Å². The zero-order valence-corrected chi connectivity index (χ0v) is 13.5. The average Bonchev–Trinajstić information content (AvgIpc) is 2.83. The Balaban J connectivity index is 1.79. The molecule has 21 heavy (non-hydrogen) atoms. The van der Waals surface area contributed by atoms with E-state index in [1.165, 1.54) is 31.7 Å². The number of hydrogen-bond acceptors (Lipinski definition) is 3. The summed E-state index contributed by atoms with van der Waals surface area (Å²) in [6.45, 7) is 7.43. The Hall–Kier alpha value is -1.71. The maximum absolute atomic E-state index is 4.35. The molecule has 0 fully saturated rings. The van der Waals surface area contributed by atoms with Crippen molar-refractivity contribution in [2.45, 2.75) is 33.4 Å². The largest absolute Gasteiger partial charge is 0.306 e. The lowest BCUT2D eigenvalue weighted by Gasteiger charge is -2.15. The maximum Gasteiger partial charge on any atom is 0.0346 e. The van der Waals surface area contributed by atoms with Crippen molar-refractivity contribution >= 4 is 22.1 Å². The highest BCUT2D eigenvalue weighted by atomic mass is 32.1. The zero-order valence-electron chi connectivity index (χ0n) is 12.7. The van der Waals surface area contributed by atoms with E-state index in [9.17, 15) is 0 Å². The third-order valence-electron chi connectivity index (χ3n) is 3.90. The molecular weight excluding hydrogens is 276 g/mol. The predicted octanol–water partition coefficient (Wildman–Crippen LogP) is 4.76. The Kier molecular flexibility index (Phi) is 4.04. The van der Waals surface area contributed by atoms with E-state index in [-0.39, 0.29) is 0 Å². The first-order valence-electron chi connectivity index (χ1n) is 7.27. The molecule has 1 atom stereocenters. The monoisotopic (exact) mass is 296 g/mol. The van der Waals surface area contributed by atoms with Crippen LogP contribution >= 0.6 is 11.3 Å². The van der Waals surface area contributed by atoms with Gasteiger partial charge < -0.3 is 5.32 Å². The Morgan fingerprint density at radius 2 is 2.00 bits per heavy atom. The summed E-state index contributed by atoms with van der Waals surface area (Å²) in [5.41, 5.74) is 2.66. The van der Waals surface area contributed by atoms with E-state index in [4.69, 9.17) is 0 Å². The molecular formula is C18H20N2S. The molecule has 2 nitrogen and oxygen atoms in total. The number of hydrogen-bond donors (Lipinski definition) is 1. The maximum atomic E-state index is 4.35. The molecule has 0 saturated heterocycles. The van der Waals surface area contributed by atoms with Crippen LogP contribution in [-0.2, 0) is 6.54 Å².